The summed E-state index contributed by atoms with van der Waals surface area (Å²) in [4.78, 5) is 0. The summed E-state index contributed by atoms with van der Waals surface area (Å²) >= 11 is 12.3. The molecule has 0 aromatic heterocycles. The van der Waals surface area contributed by atoms with Crippen molar-refractivity contribution < 1.29 is 0 Å². The van der Waals surface area contributed by atoms with E-state index in [1.165, 1.54) is 12.8 Å². The van der Waals surface area contributed by atoms with E-state index in [1.807, 2.05) is 18.2 Å². The molecule has 0 amide bonds. The molecule has 1 aromatic carbocycles. The lowest BCUT2D eigenvalue weighted by Crippen LogP contribution is -2.30. The highest BCUT2D eigenvalue weighted by Crippen LogP contribution is 2.28. The maximum absolute atomic E-state index is 6.14. The van der Waals surface area contributed by atoms with Crippen LogP contribution in [-0.4, -0.2) is 13.1 Å². The highest BCUT2D eigenvalue weighted by atomic mass is 35.5. The first-order valence-electron chi connectivity index (χ1n) is 5.41. The van der Waals surface area contributed by atoms with E-state index in [9.17, 15) is 0 Å². The van der Waals surface area contributed by atoms with Gasteiger partial charge in [0.2, 0.25) is 0 Å². The smallest absolute Gasteiger partial charge is 0.0452 e. The van der Waals surface area contributed by atoms with Gasteiger partial charge in [0.05, 0.1) is 0 Å². The number of nitrogens with one attached hydrogen (secondary N) is 1. The maximum atomic E-state index is 6.14. The van der Waals surface area contributed by atoms with Crippen LogP contribution in [0.5, 0.6) is 0 Å². The average Bonchev–Trinajstić information content (AvgIpc) is 2.25. The van der Waals surface area contributed by atoms with E-state index in [1.54, 1.807) is 0 Å². The minimum atomic E-state index is 0.677. The first-order chi connectivity index (χ1) is 7.27. The van der Waals surface area contributed by atoms with E-state index in [0.29, 0.717) is 5.92 Å². The van der Waals surface area contributed by atoms with Crippen molar-refractivity contribution in [3.8, 4) is 0 Å². The van der Waals surface area contributed by atoms with E-state index in [2.05, 4.69) is 5.32 Å². The summed E-state index contributed by atoms with van der Waals surface area (Å²) in [5.74, 6) is 0.677. The Kier molecular flexibility index (Phi) is 3.90. The van der Waals surface area contributed by atoms with Gasteiger partial charge in [-0.2, -0.15) is 0 Å². The van der Waals surface area contributed by atoms with Gasteiger partial charge in [-0.25, -0.2) is 0 Å². The van der Waals surface area contributed by atoms with Crippen LogP contribution in [0.2, 0.25) is 10.0 Å². The molecule has 0 bridgehead atoms. The second-order valence-electron chi connectivity index (χ2n) is 4.12. The fourth-order valence-corrected chi connectivity index (χ4v) is 2.67. The predicted octanol–water partition coefficient (Wildman–Crippen LogP) is 3.54. The van der Waals surface area contributed by atoms with Crippen molar-refractivity contribution in [2.45, 2.75) is 19.3 Å². The van der Waals surface area contributed by atoms with Gasteiger partial charge in [-0.15, -0.1) is 0 Å². The molecule has 0 spiro atoms. The van der Waals surface area contributed by atoms with Gasteiger partial charge in [0.1, 0.15) is 0 Å². The van der Waals surface area contributed by atoms with Gasteiger partial charge in [0.25, 0.3) is 0 Å². The van der Waals surface area contributed by atoms with Crippen molar-refractivity contribution in [2.24, 2.45) is 5.92 Å². The lowest BCUT2D eigenvalue weighted by molar-refractivity contribution is 0.376. The zero-order valence-electron chi connectivity index (χ0n) is 8.60. The molecule has 1 aliphatic heterocycles. The number of hydrogen-bond donors (Lipinski definition) is 1. The van der Waals surface area contributed by atoms with Gasteiger partial charge in [-0.3, -0.25) is 0 Å². The Morgan fingerprint density at radius 1 is 1.27 bits per heavy atom. The fraction of sp³-hybridized carbons (Fsp3) is 0.500. The molecular weight excluding hydrogens is 229 g/mol. The Morgan fingerprint density at radius 2 is 2.00 bits per heavy atom. The van der Waals surface area contributed by atoms with Gasteiger partial charge >= 0.3 is 0 Å². The summed E-state index contributed by atoms with van der Waals surface area (Å²) in [5.41, 5.74) is 1.11. The second kappa shape index (κ2) is 5.20. The molecule has 1 saturated heterocycles. The van der Waals surface area contributed by atoms with Crippen LogP contribution < -0.4 is 5.32 Å². The number of rotatable bonds is 2. The number of hydrogen-bond acceptors (Lipinski definition) is 1. The van der Waals surface area contributed by atoms with Gasteiger partial charge in [0, 0.05) is 10.0 Å². The molecule has 0 saturated carbocycles. The van der Waals surface area contributed by atoms with Gasteiger partial charge in [0.15, 0.2) is 0 Å². The standard InChI is InChI=1S/C12H15Cl2N/c13-11-4-1-5-12(14)10(11)7-9-3-2-6-15-8-9/h1,4-5,9,15H,2-3,6-8H2. The molecule has 1 atom stereocenters. The lowest BCUT2D eigenvalue weighted by atomic mass is 9.92. The van der Waals surface area contributed by atoms with Crippen LogP contribution in [0.15, 0.2) is 18.2 Å². The first kappa shape index (κ1) is 11.3. The maximum Gasteiger partial charge on any atom is 0.0452 e. The third-order valence-corrected chi connectivity index (χ3v) is 3.66. The normalized spacial score (nSPS) is 21.6. The minimum Gasteiger partial charge on any atom is -0.316 e. The molecule has 3 heteroatoms. The van der Waals surface area contributed by atoms with Crippen LogP contribution >= 0.6 is 23.2 Å². The van der Waals surface area contributed by atoms with Crippen LogP contribution in [0, 0.1) is 5.92 Å². The third-order valence-electron chi connectivity index (χ3n) is 2.95. The summed E-state index contributed by atoms with van der Waals surface area (Å²) in [6.45, 7) is 2.23. The van der Waals surface area contributed by atoms with Gasteiger partial charge in [-0.1, -0.05) is 29.3 Å². The van der Waals surface area contributed by atoms with Crippen LogP contribution in [0.1, 0.15) is 18.4 Å². The highest BCUT2D eigenvalue weighted by molar-refractivity contribution is 6.35. The Hall–Kier alpha value is -0.240. The Bertz CT molecular complexity index is 312. The predicted molar refractivity (Wildman–Crippen MR) is 65.8 cm³/mol. The molecule has 1 aliphatic rings. The van der Waals surface area contributed by atoms with E-state index >= 15 is 0 Å². The molecule has 15 heavy (non-hydrogen) atoms. The zero-order chi connectivity index (χ0) is 10.7. The Morgan fingerprint density at radius 3 is 2.60 bits per heavy atom. The van der Waals surface area contributed by atoms with Crippen molar-refractivity contribution in [1.29, 1.82) is 0 Å². The van der Waals surface area contributed by atoms with Crippen LogP contribution in [0.25, 0.3) is 0 Å². The van der Waals surface area contributed by atoms with E-state index in [-0.39, 0.29) is 0 Å². The molecule has 1 aromatic rings. The Labute approximate surface area is 101 Å². The van der Waals surface area contributed by atoms with Gasteiger partial charge < -0.3 is 5.32 Å². The topological polar surface area (TPSA) is 12.0 Å². The van der Waals surface area contributed by atoms with Crippen LogP contribution in [-0.2, 0) is 6.42 Å². The summed E-state index contributed by atoms with van der Waals surface area (Å²) < 4.78 is 0. The molecule has 0 radical (unpaired) electrons. The zero-order valence-corrected chi connectivity index (χ0v) is 10.1. The SMILES string of the molecule is Clc1cccc(Cl)c1CC1CCCNC1. The van der Waals surface area contributed by atoms with E-state index in [4.69, 9.17) is 23.2 Å². The molecule has 1 heterocycles. The molecule has 2 rings (SSSR count). The third kappa shape index (κ3) is 2.87. The molecular formula is C12H15Cl2N. The average molecular weight is 244 g/mol. The van der Waals surface area contributed by atoms with Crippen LogP contribution in [0.4, 0.5) is 0 Å². The van der Waals surface area contributed by atoms with E-state index < -0.39 is 0 Å². The van der Waals surface area contributed by atoms with Crippen molar-refractivity contribution in [3.05, 3.63) is 33.8 Å². The molecule has 0 aliphatic carbocycles. The number of halogens is 2. The molecule has 1 N–H and O–H groups in total. The van der Waals surface area contributed by atoms with Crippen molar-refractivity contribution in [1.82, 2.24) is 5.32 Å². The molecule has 82 valence electrons. The number of piperidine rings is 1. The van der Waals surface area contributed by atoms with E-state index in [0.717, 1.165) is 35.1 Å². The largest absolute Gasteiger partial charge is 0.316 e. The minimum absolute atomic E-state index is 0.677. The summed E-state index contributed by atoms with van der Waals surface area (Å²) in [6.07, 6.45) is 3.52. The summed E-state index contributed by atoms with van der Waals surface area (Å²) in [7, 11) is 0. The van der Waals surface area contributed by atoms with Crippen molar-refractivity contribution in [3.63, 3.8) is 0 Å². The van der Waals surface area contributed by atoms with Crippen molar-refractivity contribution in [2.75, 3.05) is 13.1 Å². The lowest BCUT2D eigenvalue weighted by Gasteiger charge is -2.23. The van der Waals surface area contributed by atoms with Crippen molar-refractivity contribution >= 4 is 23.2 Å². The molecule has 1 fully saturated rings. The molecule has 1 nitrogen and oxygen atoms in total. The summed E-state index contributed by atoms with van der Waals surface area (Å²) in [5, 5.41) is 5.01. The Balaban J connectivity index is 2.09. The number of benzene rings is 1. The highest BCUT2D eigenvalue weighted by Gasteiger charge is 2.16. The summed E-state index contributed by atoms with van der Waals surface area (Å²) in [6, 6.07) is 5.73. The van der Waals surface area contributed by atoms with Gasteiger partial charge in [-0.05, 0) is 56.0 Å². The molecule has 1 unspecified atom stereocenters. The quantitative estimate of drug-likeness (QED) is 0.839. The monoisotopic (exact) mass is 243 g/mol. The first-order valence-corrected chi connectivity index (χ1v) is 6.16. The fourth-order valence-electron chi connectivity index (χ4n) is 2.11. The van der Waals surface area contributed by atoms with Crippen LogP contribution in [0.3, 0.4) is 0 Å². The second-order valence-corrected chi connectivity index (χ2v) is 4.93.